The lowest BCUT2D eigenvalue weighted by atomic mass is 9.96. The number of carboxylic acid groups (broad SMARTS) is 2. The Balaban J connectivity index is 1.76. The van der Waals surface area contributed by atoms with E-state index >= 15 is 0 Å². The first-order valence-electron chi connectivity index (χ1n) is 14.3. The van der Waals surface area contributed by atoms with Crippen molar-refractivity contribution in [3.05, 3.63) is 59.7 Å². The molecule has 204 valence electrons. The van der Waals surface area contributed by atoms with Crippen LogP contribution in [0.1, 0.15) is 114 Å². The normalized spacial score (nSPS) is 10.9. The van der Waals surface area contributed by atoms with Crippen LogP contribution in [0.15, 0.2) is 48.5 Å². The maximum atomic E-state index is 10.6. The smallest absolute Gasteiger partial charge is 0.303 e. The van der Waals surface area contributed by atoms with Gasteiger partial charge >= 0.3 is 11.9 Å². The van der Waals surface area contributed by atoms with Gasteiger partial charge in [0.25, 0.3) is 0 Å². The molecule has 37 heavy (non-hydrogen) atoms. The number of ether oxygens (including phenoxy) is 1. The van der Waals surface area contributed by atoms with Gasteiger partial charge in [-0.15, -0.1) is 0 Å². The predicted molar refractivity (Wildman–Crippen MR) is 150 cm³/mol. The van der Waals surface area contributed by atoms with Gasteiger partial charge in [-0.05, 0) is 73.9 Å². The van der Waals surface area contributed by atoms with Crippen molar-refractivity contribution in [2.45, 2.75) is 116 Å². The van der Waals surface area contributed by atoms with E-state index in [2.05, 4.69) is 18.2 Å². The van der Waals surface area contributed by atoms with Gasteiger partial charge in [-0.3, -0.25) is 9.59 Å². The minimum atomic E-state index is -0.692. The molecular weight excluding hydrogens is 464 g/mol. The summed E-state index contributed by atoms with van der Waals surface area (Å²) in [5, 5.41) is 17.4. The van der Waals surface area contributed by atoms with E-state index in [4.69, 9.17) is 14.9 Å². The van der Waals surface area contributed by atoms with Gasteiger partial charge in [0.15, 0.2) is 0 Å². The second-order valence-electron chi connectivity index (χ2n) is 10.1. The number of unbranched alkanes of at least 4 members (excludes halogenated alkanes) is 12. The predicted octanol–water partition coefficient (Wildman–Crippen LogP) is 8.97. The zero-order valence-electron chi connectivity index (χ0n) is 22.5. The van der Waals surface area contributed by atoms with Crippen molar-refractivity contribution in [2.24, 2.45) is 0 Å². The molecule has 0 saturated heterocycles. The van der Waals surface area contributed by atoms with Crippen molar-refractivity contribution in [3.63, 3.8) is 0 Å². The number of hydrogen-bond donors (Lipinski definition) is 2. The van der Waals surface area contributed by atoms with Crippen LogP contribution in [0, 0.1) is 0 Å². The van der Waals surface area contributed by atoms with E-state index < -0.39 is 11.9 Å². The molecular formula is C32H46O5. The molecule has 5 heteroatoms. The van der Waals surface area contributed by atoms with Crippen LogP contribution in [-0.4, -0.2) is 22.2 Å². The molecule has 0 atom stereocenters. The minimum absolute atomic E-state index is 0.289. The van der Waals surface area contributed by atoms with Gasteiger partial charge in [0.2, 0.25) is 0 Å². The fourth-order valence-corrected chi connectivity index (χ4v) is 4.72. The van der Waals surface area contributed by atoms with Gasteiger partial charge in [-0.1, -0.05) is 88.5 Å². The lowest BCUT2D eigenvalue weighted by Crippen LogP contribution is -1.97. The monoisotopic (exact) mass is 510 g/mol. The van der Waals surface area contributed by atoms with E-state index in [1.54, 1.807) is 0 Å². The zero-order chi connectivity index (χ0) is 26.6. The molecule has 0 saturated carbocycles. The summed E-state index contributed by atoms with van der Waals surface area (Å²) in [5.74, 6) is 0.364. The molecule has 0 spiro atoms. The van der Waals surface area contributed by atoms with E-state index in [0.717, 1.165) is 69.3 Å². The molecule has 2 rings (SSSR count). The molecule has 0 unspecified atom stereocenters. The SMILES string of the molecule is O=C(O)CCCCCCCCCc1ccc(Oc2ccccc2)cc1CCCCCCCCCC(=O)O. The number of para-hydroxylation sites is 1. The number of aryl methyl sites for hydroxylation is 2. The number of carboxylic acids is 2. The van der Waals surface area contributed by atoms with Crippen molar-refractivity contribution in [2.75, 3.05) is 0 Å². The van der Waals surface area contributed by atoms with Crippen molar-refractivity contribution in [1.29, 1.82) is 0 Å². The summed E-state index contributed by atoms with van der Waals surface area (Å²) < 4.78 is 6.10. The van der Waals surface area contributed by atoms with Crippen LogP contribution < -0.4 is 4.74 Å². The molecule has 0 aliphatic rings. The molecule has 0 aliphatic carbocycles. The highest BCUT2D eigenvalue weighted by atomic mass is 16.5. The van der Waals surface area contributed by atoms with Gasteiger partial charge in [0, 0.05) is 12.8 Å². The lowest BCUT2D eigenvalue weighted by Gasteiger charge is -2.13. The van der Waals surface area contributed by atoms with E-state index in [-0.39, 0.29) is 6.42 Å². The highest BCUT2D eigenvalue weighted by Crippen LogP contribution is 2.26. The average Bonchev–Trinajstić information content (AvgIpc) is 2.88. The third kappa shape index (κ3) is 15.1. The number of rotatable bonds is 22. The van der Waals surface area contributed by atoms with E-state index in [1.165, 1.54) is 56.1 Å². The summed E-state index contributed by atoms with van der Waals surface area (Å²) in [6, 6.07) is 16.5. The van der Waals surface area contributed by atoms with Gasteiger partial charge in [0.1, 0.15) is 11.5 Å². The molecule has 0 aromatic heterocycles. The highest BCUT2D eigenvalue weighted by molar-refractivity contribution is 5.66. The van der Waals surface area contributed by atoms with Crippen molar-refractivity contribution in [1.82, 2.24) is 0 Å². The third-order valence-electron chi connectivity index (χ3n) is 6.83. The number of benzene rings is 2. The van der Waals surface area contributed by atoms with Crippen LogP contribution >= 0.6 is 0 Å². The quantitative estimate of drug-likeness (QED) is 0.154. The Hall–Kier alpha value is -2.82. The highest BCUT2D eigenvalue weighted by Gasteiger charge is 2.07. The van der Waals surface area contributed by atoms with Crippen LogP contribution in [-0.2, 0) is 22.4 Å². The Labute approximate surface area is 223 Å². The molecule has 0 aliphatic heterocycles. The van der Waals surface area contributed by atoms with Crippen LogP contribution in [0.25, 0.3) is 0 Å². The standard InChI is InChI=1S/C32H46O5/c33-31(34)22-16-9-5-1-3-7-12-18-27-24-25-30(37-29-20-14-11-15-21-29)26-28(27)19-13-8-4-2-6-10-17-23-32(35)36/h11,14-15,20-21,24-26H,1-10,12-13,16-19,22-23H2,(H,33,34)(H,35,36). The largest absolute Gasteiger partial charge is 0.481 e. The Morgan fingerprint density at radius 3 is 1.49 bits per heavy atom. The Bertz CT molecular complexity index is 893. The average molecular weight is 511 g/mol. The maximum Gasteiger partial charge on any atom is 0.303 e. The number of aliphatic carboxylic acids is 2. The molecule has 0 amide bonds. The zero-order valence-corrected chi connectivity index (χ0v) is 22.5. The van der Waals surface area contributed by atoms with Crippen LogP contribution in [0.5, 0.6) is 11.5 Å². The van der Waals surface area contributed by atoms with Crippen molar-refractivity contribution >= 4 is 11.9 Å². The number of hydrogen-bond acceptors (Lipinski definition) is 3. The third-order valence-corrected chi connectivity index (χ3v) is 6.83. The Morgan fingerprint density at radius 2 is 0.973 bits per heavy atom. The summed E-state index contributed by atoms with van der Waals surface area (Å²) in [6.07, 6.45) is 18.1. The maximum absolute atomic E-state index is 10.6. The summed E-state index contributed by atoms with van der Waals surface area (Å²) in [5.41, 5.74) is 2.82. The summed E-state index contributed by atoms with van der Waals surface area (Å²) in [6.45, 7) is 0. The minimum Gasteiger partial charge on any atom is -0.481 e. The fraction of sp³-hybridized carbons (Fsp3) is 0.562. The van der Waals surface area contributed by atoms with Crippen LogP contribution in [0.3, 0.4) is 0 Å². The van der Waals surface area contributed by atoms with Crippen molar-refractivity contribution < 1.29 is 24.5 Å². The van der Waals surface area contributed by atoms with E-state index in [1.807, 2.05) is 30.3 Å². The number of carbonyl (C=O) groups is 2. The van der Waals surface area contributed by atoms with E-state index in [9.17, 15) is 9.59 Å². The topological polar surface area (TPSA) is 83.8 Å². The second kappa shape index (κ2) is 19.3. The molecule has 5 nitrogen and oxygen atoms in total. The van der Waals surface area contributed by atoms with E-state index in [0.29, 0.717) is 6.42 Å². The molecule has 0 heterocycles. The Morgan fingerprint density at radius 1 is 0.514 bits per heavy atom. The molecule has 0 bridgehead atoms. The Kier molecular flexibility index (Phi) is 15.9. The summed E-state index contributed by atoms with van der Waals surface area (Å²) in [4.78, 5) is 21.2. The second-order valence-corrected chi connectivity index (χ2v) is 10.1. The van der Waals surface area contributed by atoms with Gasteiger partial charge in [0.05, 0.1) is 0 Å². The summed E-state index contributed by atoms with van der Waals surface area (Å²) in [7, 11) is 0. The molecule has 2 aromatic rings. The van der Waals surface area contributed by atoms with Crippen LogP contribution in [0.2, 0.25) is 0 Å². The van der Waals surface area contributed by atoms with Crippen LogP contribution in [0.4, 0.5) is 0 Å². The van der Waals surface area contributed by atoms with Gasteiger partial charge in [-0.25, -0.2) is 0 Å². The first-order valence-corrected chi connectivity index (χ1v) is 14.3. The van der Waals surface area contributed by atoms with Crippen molar-refractivity contribution in [3.8, 4) is 11.5 Å². The summed E-state index contributed by atoms with van der Waals surface area (Å²) >= 11 is 0. The van der Waals surface area contributed by atoms with Gasteiger partial charge in [-0.2, -0.15) is 0 Å². The first kappa shape index (κ1) is 30.4. The molecule has 2 N–H and O–H groups in total. The molecule has 2 aromatic carbocycles. The lowest BCUT2D eigenvalue weighted by molar-refractivity contribution is -0.138. The molecule has 0 radical (unpaired) electrons. The molecule has 0 fully saturated rings. The first-order chi connectivity index (χ1) is 18.0. The van der Waals surface area contributed by atoms with Gasteiger partial charge < -0.3 is 14.9 Å². The fourth-order valence-electron chi connectivity index (χ4n) is 4.72.